The maximum Gasteiger partial charge on any atom is 0.226 e. The Hall–Kier alpha value is -2.82. The quantitative estimate of drug-likeness (QED) is 0.691. The molecule has 0 radical (unpaired) electrons. The first-order valence-corrected chi connectivity index (χ1v) is 8.85. The van der Waals surface area contributed by atoms with Crippen LogP contribution in [0.2, 0.25) is 0 Å². The monoisotopic (exact) mass is 354 g/mol. The molecule has 2 N–H and O–H groups in total. The fourth-order valence-corrected chi connectivity index (χ4v) is 2.28. The Bertz CT molecular complexity index is 739. The maximum atomic E-state index is 12.0. The second kappa shape index (κ2) is 9.61. The molecule has 0 spiro atoms. The van der Waals surface area contributed by atoms with E-state index in [1.165, 1.54) is 0 Å². The molecule has 0 aliphatic carbocycles. The predicted octanol–water partition coefficient (Wildman–Crippen LogP) is 4.39. The molecule has 138 valence electrons. The molecule has 0 aliphatic heterocycles. The summed E-state index contributed by atoms with van der Waals surface area (Å²) in [5, 5.41) is 5.66. The summed E-state index contributed by atoms with van der Waals surface area (Å²) in [5.41, 5.74) is 2.51. The van der Waals surface area contributed by atoms with E-state index in [1.807, 2.05) is 45.0 Å². The van der Waals surface area contributed by atoms with Gasteiger partial charge in [-0.1, -0.05) is 32.0 Å². The first-order chi connectivity index (χ1) is 12.5. The maximum absolute atomic E-state index is 12.0. The first kappa shape index (κ1) is 19.5. The number of hydrogen-bond donors (Lipinski definition) is 2. The standard InChI is InChI=1S/C21H26N2O3/c1-15(2)21(25)23-18-12-10-17(11-13-18)22-20(24)9-6-14-26-19-8-5-4-7-16(19)3/h4-5,7-8,10-13,15H,6,9,14H2,1-3H3,(H,22,24)(H,23,25). The van der Waals surface area contributed by atoms with E-state index in [4.69, 9.17) is 4.74 Å². The van der Waals surface area contributed by atoms with Gasteiger partial charge in [-0.25, -0.2) is 0 Å². The number of para-hydroxylation sites is 1. The van der Waals surface area contributed by atoms with E-state index in [0.29, 0.717) is 30.8 Å². The second-order valence-corrected chi connectivity index (χ2v) is 6.49. The van der Waals surface area contributed by atoms with E-state index in [2.05, 4.69) is 10.6 Å². The van der Waals surface area contributed by atoms with E-state index in [0.717, 1.165) is 11.3 Å². The minimum atomic E-state index is -0.0729. The Labute approximate surface area is 154 Å². The normalized spacial score (nSPS) is 10.5. The van der Waals surface area contributed by atoms with Crippen molar-refractivity contribution in [3.8, 4) is 5.75 Å². The number of aryl methyl sites for hydroxylation is 1. The van der Waals surface area contributed by atoms with Crippen molar-refractivity contribution in [3.05, 3.63) is 54.1 Å². The molecule has 0 aromatic heterocycles. The van der Waals surface area contributed by atoms with E-state index in [1.54, 1.807) is 24.3 Å². The highest BCUT2D eigenvalue weighted by Gasteiger charge is 2.07. The molecular weight excluding hydrogens is 328 g/mol. The largest absolute Gasteiger partial charge is 0.493 e. The number of carbonyl (C=O) groups is 2. The summed E-state index contributed by atoms with van der Waals surface area (Å²) in [5.74, 6) is 0.691. The molecular formula is C21H26N2O3. The molecule has 0 aliphatic rings. The molecule has 0 saturated carbocycles. The fourth-order valence-electron chi connectivity index (χ4n) is 2.28. The summed E-state index contributed by atoms with van der Waals surface area (Å²) < 4.78 is 5.69. The molecule has 2 rings (SSSR count). The van der Waals surface area contributed by atoms with Crippen molar-refractivity contribution in [2.75, 3.05) is 17.2 Å². The number of hydrogen-bond acceptors (Lipinski definition) is 3. The van der Waals surface area contributed by atoms with Crippen molar-refractivity contribution in [1.82, 2.24) is 0 Å². The molecule has 0 atom stereocenters. The van der Waals surface area contributed by atoms with Crippen LogP contribution < -0.4 is 15.4 Å². The summed E-state index contributed by atoms with van der Waals surface area (Å²) in [6.45, 7) is 6.17. The number of carbonyl (C=O) groups excluding carboxylic acids is 2. The van der Waals surface area contributed by atoms with E-state index in [-0.39, 0.29) is 17.7 Å². The lowest BCUT2D eigenvalue weighted by Gasteiger charge is -2.10. The third-order valence-electron chi connectivity index (χ3n) is 3.86. The Morgan fingerprint density at radius 3 is 2.19 bits per heavy atom. The number of rotatable bonds is 8. The molecule has 5 nitrogen and oxygen atoms in total. The molecule has 0 bridgehead atoms. The summed E-state index contributed by atoms with van der Waals surface area (Å²) in [6.07, 6.45) is 1.03. The average molecular weight is 354 g/mol. The molecule has 0 fully saturated rings. The summed E-state index contributed by atoms with van der Waals surface area (Å²) in [6, 6.07) is 14.9. The summed E-state index contributed by atoms with van der Waals surface area (Å²) in [7, 11) is 0. The average Bonchev–Trinajstić information content (AvgIpc) is 2.61. The van der Waals surface area contributed by atoms with Gasteiger partial charge in [-0.3, -0.25) is 9.59 Å². The van der Waals surface area contributed by atoms with Crippen LogP contribution in [0.5, 0.6) is 5.75 Å². The van der Waals surface area contributed by atoms with Crippen LogP contribution in [0.1, 0.15) is 32.3 Å². The van der Waals surface area contributed by atoms with Gasteiger partial charge in [0.15, 0.2) is 0 Å². The number of benzene rings is 2. The van der Waals surface area contributed by atoms with Crippen LogP contribution in [0.4, 0.5) is 11.4 Å². The minimum Gasteiger partial charge on any atom is -0.493 e. The van der Waals surface area contributed by atoms with Gasteiger partial charge in [0.25, 0.3) is 0 Å². The van der Waals surface area contributed by atoms with Crippen molar-refractivity contribution in [2.24, 2.45) is 5.92 Å². The smallest absolute Gasteiger partial charge is 0.226 e. The van der Waals surface area contributed by atoms with Crippen LogP contribution in [0.15, 0.2) is 48.5 Å². The first-order valence-electron chi connectivity index (χ1n) is 8.85. The lowest BCUT2D eigenvalue weighted by Crippen LogP contribution is -2.17. The Morgan fingerprint density at radius 2 is 1.58 bits per heavy atom. The SMILES string of the molecule is Cc1ccccc1OCCCC(=O)Nc1ccc(NC(=O)C(C)C)cc1. The summed E-state index contributed by atoms with van der Waals surface area (Å²) in [4.78, 5) is 23.7. The molecule has 2 aromatic carbocycles. The highest BCUT2D eigenvalue weighted by molar-refractivity contribution is 5.93. The number of amides is 2. The zero-order valence-electron chi connectivity index (χ0n) is 15.5. The zero-order valence-corrected chi connectivity index (χ0v) is 15.5. The van der Waals surface area contributed by atoms with Crippen LogP contribution >= 0.6 is 0 Å². The van der Waals surface area contributed by atoms with Crippen LogP contribution in [0.25, 0.3) is 0 Å². The Kier molecular flexibility index (Phi) is 7.21. The van der Waals surface area contributed by atoms with E-state index < -0.39 is 0 Å². The van der Waals surface area contributed by atoms with Gasteiger partial charge >= 0.3 is 0 Å². The van der Waals surface area contributed by atoms with Crippen molar-refractivity contribution in [3.63, 3.8) is 0 Å². The molecule has 5 heteroatoms. The molecule has 26 heavy (non-hydrogen) atoms. The van der Waals surface area contributed by atoms with E-state index >= 15 is 0 Å². The minimum absolute atomic E-state index is 0.0320. The Morgan fingerprint density at radius 1 is 0.962 bits per heavy atom. The van der Waals surface area contributed by atoms with Crippen molar-refractivity contribution in [1.29, 1.82) is 0 Å². The van der Waals surface area contributed by atoms with Crippen LogP contribution in [0, 0.1) is 12.8 Å². The van der Waals surface area contributed by atoms with Gasteiger partial charge in [0, 0.05) is 23.7 Å². The lowest BCUT2D eigenvalue weighted by atomic mass is 10.2. The molecule has 2 aromatic rings. The van der Waals surface area contributed by atoms with Crippen LogP contribution in [-0.2, 0) is 9.59 Å². The Balaban J connectivity index is 1.72. The van der Waals surface area contributed by atoms with Crippen molar-refractivity contribution < 1.29 is 14.3 Å². The van der Waals surface area contributed by atoms with Gasteiger partial charge < -0.3 is 15.4 Å². The van der Waals surface area contributed by atoms with Gasteiger partial charge in [0.05, 0.1) is 6.61 Å². The topological polar surface area (TPSA) is 67.4 Å². The van der Waals surface area contributed by atoms with Gasteiger partial charge in [0.2, 0.25) is 11.8 Å². The zero-order chi connectivity index (χ0) is 18.9. The van der Waals surface area contributed by atoms with Gasteiger partial charge in [-0.05, 0) is 49.2 Å². The van der Waals surface area contributed by atoms with E-state index in [9.17, 15) is 9.59 Å². The van der Waals surface area contributed by atoms with Crippen LogP contribution in [-0.4, -0.2) is 18.4 Å². The molecule has 0 heterocycles. The molecule has 2 amide bonds. The van der Waals surface area contributed by atoms with Crippen molar-refractivity contribution >= 4 is 23.2 Å². The number of nitrogens with one attached hydrogen (secondary N) is 2. The fraction of sp³-hybridized carbons (Fsp3) is 0.333. The van der Waals surface area contributed by atoms with Crippen molar-refractivity contribution in [2.45, 2.75) is 33.6 Å². The third-order valence-corrected chi connectivity index (χ3v) is 3.86. The van der Waals surface area contributed by atoms with Gasteiger partial charge in [-0.15, -0.1) is 0 Å². The molecule has 0 saturated heterocycles. The lowest BCUT2D eigenvalue weighted by molar-refractivity contribution is -0.119. The van der Waals surface area contributed by atoms with Gasteiger partial charge in [0.1, 0.15) is 5.75 Å². The van der Waals surface area contributed by atoms with Crippen LogP contribution in [0.3, 0.4) is 0 Å². The molecule has 0 unspecified atom stereocenters. The van der Waals surface area contributed by atoms with Gasteiger partial charge in [-0.2, -0.15) is 0 Å². The number of anilines is 2. The third kappa shape index (κ3) is 6.24. The predicted molar refractivity (Wildman–Crippen MR) is 104 cm³/mol. The summed E-state index contributed by atoms with van der Waals surface area (Å²) >= 11 is 0. The second-order valence-electron chi connectivity index (χ2n) is 6.49. The number of ether oxygens (including phenoxy) is 1. The highest BCUT2D eigenvalue weighted by Crippen LogP contribution is 2.17. The highest BCUT2D eigenvalue weighted by atomic mass is 16.5.